The molecule has 0 atom stereocenters. The highest BCUT2D eigenvalue weighted by atomic mass is 32.2. The van der Waals surface area contributed by atoms with Crippen LogP contribution in [-0.4, -0.2) is 18.9 Å². The SMILES string of the molecule is O=S(=O)(Oc1nccc2cccc(-c3ccccc3)c12)C(F)(F)F. The standard InChI is InChI=1S/C16H10F3NO3S/c17-16(18,19)24(21,22)23-15-14-12(9-10-20-15)7-4-8-13(14)11-5-2-1-3-6-11/h1-10H. The van der Waals surface area contributed by atoms with Crippen LogP contribution in [0.15, 0.2) is 60.8 Å². The van der Waals surface area contributed by atoms with Crippen molar-refractivity contribution in [3.63, 3.8) is 0 Å². The topological polar surface area (TPSA) is 56.3 Å². The van der Waals surface area contributed by atoms with E-state index >= 15 is 0 Å². The van der Waals surface area contributed by atoms with Crippen molar-refractivity contribution in [2.75, 3.05) is 0 Å². The molecule has 0 amide bonds. The summed E-state index contributed by atoms with van der Waals surface area (Å²) in [6.07, 6.45) is 1.19. The molecule has 24 heavy (non-hydrogen) atoms. The summed E-state index contributed by atoms with van der Waals surface area (Å²) in [5.74, 6) is -0.607. The Kier molecular flexibility index (Phi) is 3.92. The van der Waals surface area contributed by atoms with Gasteiger partial charge in [0.1, 0.15) is 0 Å². The van der Waals surface area contributed by atoms with Gasteiger partial charge in [-0.1, -0.05) is 48.5 Å². The molecular formula is C16H10F3NO3S. The number of alkyl halides is 3. The lowest BCUT2D eigenvalue weighted by atomic mass is 9.99. The van der Waals surface area contributed by atoms with Gasteiger partial charge in [0.2, 0.25) is 5.88 Å². The predicted molar refractivity (Wildman–Crippen MR) is 82.8 cm³/mol. The fourth-order valence-electron chi connectivity index (χ4n) is 2.27. The van der Waals surface area contributed by atoms with Gasteiger partial charge in [0.15, 0.2) is 0 Å². The van der Waals surface area contributed by atoms with Gasteiger partial charge in [-0.25, -0.2) is 4.98 Å². The molecule has 0 radical (unpaired) electrons. The van der Waals surface area contributed by atoms with Gasteiger partial charge in [0.05, 0.1) is 5.39 Å². The van der Waals surface area contributed by atoms with Crippen LogP contribution in [0, 0.1) is 0 Å². The minimum absolute atomic E-state index is 0.194. The molecule has 2 aromatic carbocycles. The van der Waals surface area contributed by atoms with Gasteiger partial charge in [-0.3, -0.25) is 0 Å². The van der Waals surface area contributed by atoms with E-state index in [0.29, 0.717) is 16.5 Å². The maximum Gasteiger partial charge on any atom is 0.534 e. The lowest BCUT2D eigenvalue weighted by Gasteiger charge is -2.13. The molecule has 4 nitrogen and oxygen atoms in total. The molecule has 0 aliphatic carbocycles. The average Bonchev–Trinajstić information content (AvgIpc) is 2.54. The predicted octanol–water partition coefficient (Wildman–Crippen LogP) is 4.13. The maximum atomic E-state index is 12.6. The van der Waals surface area contributed by atoms with Crippen molar-refractivity contribution in [3.05, 3.63) is 60.8 Å². The first-order chi connectivity index (χ1) is 11.3. The molecule has 0 aliphatic rings. The van der Waals surface area contributed by atoms with Gasteiger partial charge in [-0.05, 0) is 22.6 Å². The first kappa shape index (κ1) is 16.3. The molecule has 0 bridgehead atoms. The molecule has 124 valence electrons. The summed E-state index contributed by atoms with van der Waals surface area (Å²) < 4.78 is 64.7. The molecular weight excluding hydrogens is 343 g/mol. The second-order valence-electron chi connectivity index (χ2n) is 4.87. The third-order valence-corrected chi connectivity index (χ3v) is 4.26. The summed E-state index contributed by atoms with van der Waals surface area (Å²) >= 11 is 0. The Labute approximate surface area is 135 Å². The summed E-state index contributed by atoms with van der Waals surface area (Å²) in [4.78, 5) is 3.69. The minimum atomic E-state index is -5.80. The largest absolute Gasteiger partial charge is 0.534 e. The van der Waals surface area contributed by atoms with Crippen molar-refractivity contribution in [1.82, 2.24) is 4.98 Å². The molecule has 8 heteroatoms. The van der Waals surface area contributed by atoms with Crippen LogP contribution >= 0.6 is 0 Å². The summed E-state index contributed by atoms with van der Waals surface area (Å²) in [5, 5.41) is 0.706. The zero-order valence-electron chi connectivity index (χ0n) is 12.0. The molecule has 0 saturated heterocycles. The van der Waals surface area contributed by atoms with E-state index in [4.69, 9.17) is 0 Å². The van der Waals surface area contributed by atoms with Gasteiger partial charge < -0.3 is 4.18 Å². The molecule has 0 fully saturated rings. The smallest absolute Gasteiger partial charge is 0.355 e. The number of nitrogens with zero attached hydrogens (tertiary/aromatic N) is 1. The zero-order valence-corrected chi connectivity index (χ0v) is 12.8. The lowest BCUT2D eigenvalue weighted by Crippen LogP contribution is -2.28. The average molecular weight is 353 g/mol. The molecule has 0 saturated carbocycles. The minimum Gasteiger partial charge on any atom is -0.355 e. The van der Waals surface area contributed by atoms with Gasteiger partial charge in [0.25, 0.3) is 0 Å². The van der Waals surface area contributed by atoms with E-state index in [2.05, 4.69) is 9.17 Å². The summed E-state index contributed by atoms with van der Waals surface area (Å²) in [7, 11) is -5.80. The zero-order chi connectivity index (χ0) is 17.4. The van der Waals surface area contributed by atoms with Gasteiger partial charge in [0, 0.05) is 6.20 Å². The quantitative estimate of drug-likeness (QED) is 0.525. The van der Waals surface area contributed by atoms with Crippen LogP contribution in [-0.2, 0) is 10.1 Å². The third-order valence-electron chi connectivity index (χ3n) is 3.31. The van der Waals surface area contributed by atoms with Gasteiger partial charge in [-0.2, -0.15) is 21.6 Å². The number of hydrogen-bond donors (Lipinski definition) is 0. The van der Waals surface area contributed by atoms with Crippen LogP contribution in [0.25, 0.3) is 21.9 Å². The maximum absolute atomic E-state index is 12.6. The molecule has 0 spiro atoms. The highest BCUT2D eigenvalue weighted by Crippen LogP contribution is 2.36. The van der Waals surface area contributed by atoms with E-state index in [0.717, 1.165) is 0 Å². The number of hydrogen-bond acceptors (Lipinski definition) is 4. The summed E-state index contributed by atoms with van der Waals surface area (Å²) in [5.41, 5.74) is -4.31. The number of benzene rings is 2. The van der Waals surface area contributed by atoms with Gasteiger partial charge >= 0.3 is 15.6 Å². The van der Waals surface area contributed by atoms with Crippen molar-refractivity contribution >= 4 is 20.9 Å². The Morgan fingerprint density at radius 1 is 0.917 bits per heavy atom. The monoisotopic (exact) mass is 353 g/mol. The molecule has 1 aromatic heterocycles. The second-order valence-corrected chi connectivity index (χ2v) is 6.41. The van der Waals surface area contributed by atoms with E-state index < -0.39 is 21.5 Å². The number of halogens is 3. The molecule has 3 rings (SSSR count). The normalized spacial score (nSPS) is 12.3. The van der Waals surface area contributed by atoms with E-state index in [-0.39, 0.29) is 5.39 Å². The molecule has 3 aromatic rings. The fourth-order valence-corrected chi connectivity index (χ4v) is 2.70. The molecule has 0 N–H and O–H groups in total. The van der Waals surface area contributed by atoms with Crippen LogP contribution in [0.2, 0.25) is 0 Å². The van der Waals surface area contributed by atoms with Crippen molar-refractivity contribution in [1.29, 1.82) is 0 Å². The molecule has 1 heterocycles. The molecule has 0 unspecified atom stereocenters. The van der Waals surface area contributed by atoms with E-state index in [9.17, 15) is 21.6 Å². The second kappa shape index (κ2) is 5.79. The number of rotatable bonds is 3. The van der Waals surface area contributed by atoms with E-state index in [1.807, 2.05) is 0 Å². The Bertz CT molecular complexity index is 981. The summed E-state index contributed by atoms with van der Waals surface area (Å²) in [6, 6.07) is 15.4. The van der Waals surface area contributed by atoms with Gasteiger partial charge in [-0.15, -0.1) is 0 Å². The highest BCUT2D eigenvalue weighted by molar-refractivity contribution is 7.88. The lowest BCUT2D eigenvalue weighted by molar-refractivity contribution is -0.0500. The Morgan fingerprint density at radius 2 is 1.62 bits per heavy atom. The van der Waals surface area contributed by atoms with Crippen molar-refractivity contribution < 1.29 is 25.8 Å². The van der Waals surface area contributed by atoms with E-state index in [1.54, 1.807) is 54.6 Å². The first-order valence-corrected chi connectivity index (χ1v) is 8.14. The van der Waals surface area contributed by atoms with Crippen molar-refractivity contribution in [2.24, 2.45) is 0 Å². The van der Waals surface area contributed by atoms with Crippen LogP contribution in [0.3, 0.4) is 0 Å². The molecule has 0 aliphatic heterocycles. The summed E-state index contributed by atoms with van der Waals surface area (Å²) in [6.45, 7) is 0. The van der Waals surface area contributed by atoms with Crippen LogP contribution in [0.4, 0.5) is 13.2 Å². The Hall–Kier alpha value is -2.61. The third kappa shape index (κ3) is 2.92. The Balaban J connectivity index is 2.24. The van der Waals surface area contributed by atoms with Crippen LogP contribution in [0.1, 0.15) is 0 Å². The van der Waals surface area contributed by atoms with Crippen molar-refractivity contribution in [2.45, 2.75) is 5.51 Å². The number of pyridine rings is 1. The highest BCUT2D eigenvalue weighted by Gasteiger charge is 2.49. The van der Waals surface area contributed by atoms with Crippen LogP contribution in [0.5, 0.6) is 5.88 Å². The van der Waals surface area contributed by atoms with Crippen LogP contribution < -0.4 is 4.18 Å². The fraction of sp³-hybridized carbons (Fsp3) is 0.0625. The first-order valence-electron chi connectivity index (χ1n) is 6.73. The Morgan fingerprint density at radius 3 is 2.29 bits per heavy atom. The van der Waals surface area contributed by atoms with E-state index in [1.165, 1.54) is 6.20 Å². The number of aromatic nitrogens is 1. The number of fused-ring (bicyclic) bond motifs is 1. The van der Waals surface area contributed by atoms with Crippen molar-refractivity contribution in [3.8, 4) is 17.0 Å².